The average Bonchev–Trinajstić information content (AvgIpc) is 2.87. The van der Waals surface area contributed by atoms with E-state index in [4.69, 9.17) is 0 Å². The van der Waals surface area contributed by atoms with Crippen LogP contribution in [0.3, 0.4) is 0 Å². The SMILES string of the molecule is CCn1ccnc1CN1CCCC1CO. The summed E-state index contributed by atoms with van der Waals surface area (Å²) in [7, 11) is 0. The predicted molar refractivity (Wildman–Crippen MR) is 58.4 cm³/mol. The number of aromatic nitrogens is 2. The Morgan fingerprint density at radius 1 is 1.60 bits per heavy atom. The molecule has 0 radical (unpaired) electrons. The maximum absolute atomic E-state index is 9.22. The van der Waals surface area contributed by atoms with Crippen molar-refractivity contribution in [3.8, 4) is 0 Å². The van der Waals surface area contributed by atoms with Gasteiger partial charge < -0.3 is 9.67 Å². The van der Waals surface area contributed by atoms with E-state index < -0.39 is 0 Å². The highest BCUT2D eigenvalue weighted by molar-refractivity contribution is 4.94. The lowest BCUT2D eigenvalue weighted by atomic mass is 10.2. The van der Waals surface area contributed by atoms with Crippen molar-refractivity contribution in [2.75, 3.05) is 13.2 Å². The van der Waals surface area contributed by atoms with Crippen molar-refractivity contribution in [1.82, 2.24) is 14.5 Å². The zero-order chi connectivity index (χ0) is 10.7. The van der Waals surface area contributed by atoms with E-state index in [1.807, 2.05) is 12.4 Å². The second-order valence-corrected chi connectivity index (χ2v) is 4.08. The highest BCUT2D eigenvalue weighted by atomic mass is 16.3. The molecule has 0 amide bonds. The number of aliphatic hydroxyl groups excluding tert-OH is 1. The summed E-state index contributed by atoms with van der Waals surface area (Å²) in [6.07, 6.45) is 6.17. The van der Waals surface area contributed by atoms with Gasteiger partial charge in [-0.15, -0.1) is 0 Å². The van der Waals surface area contributed by atoms with Gasteiger partial charge in [0.05, 0.1) is 13.2 Å². The summed E-state index contributed by atoms with van der Waals surface area (Å²) in [5.74, 6) is 1.11. The van der Waals surface area contributed by atoms with Crippen LogP contribution in [0.5, 0.6) is 0 Å². The van der Waals surface area contributed by atoms with Gasteiger partial charge in [-0.05, 0) is 26.3 Å². The molecule has 15 heavy (non-hydrogen) atoms. The average molecular weight is 209 g/mol. The Kier molecular flexibility index (Phi) is 3.38. The van der Waals surface area contributed by atoms with Crippen LogP contribution in [0.1, 0.15) is 25.6 Å². The molecule has 1 fully saturated rings. The van der Waals surface area contributed by atoms with Gasteiger partial charge >= 0.3 is 0 Å². The Morgan fingerprint density at radius 3 is 3.20 bits per heavy atom. The molecule has 0 aromatic carbocycles. The number of hydrogen-bond donors (Lipinski definition) is 1. The number of aryl methyl sites for hydroxylation is 1. The normalized spacial score (nSPS) is 22.4. The predicted octanol–water partition coefficient (Wildman–Crippen LogP) is 0.860. The molecule has 0 spiro atoms. The third-order valence-electron chi connectivity index (χ3n) is 3.20. The van der Waals surface area contributed by atoms with Crippen LogP contribution in [0.25, 0.3) is 0 Å². The monoisotopic (exact) mass is 209 g/mol. The summed E-state index contributed by atoms with van der Waals surface area (Å²) < 4.78 is 2.16. The molecule has 1 aliphatic heterocycles. The standard InChI is InChI=1S/C11H19N3O/c1-2-13-7-5-12-11(13)8-14-6-3-4-10(14)9-15/h5,7,10,15H,2-4,6,8-9H2,1H3. The van der Waals surface area contributed by atoms with Crippen LogP contribution in [-0.4, -0.2) is 38.8 Å². The topological polar surface area (TPSA) is 41.3 Å². The van der Waals surface area contributed by atoms with Crippen LogP contribution < -0.4 is 0 Å². The molecule has 2 heterocycles. The van der Waals surface area contributed by atoms with Crippen LogP contribution in [0, 0.1) is 0 Å². The van der Waals surface area contributed by atoms with Gasteiger partial charge in [-0.1, -0.05) is 0 Å². The quantitative estimate of drug-likeness (QED) is 0.799. The van der Waals surface area contributed by atoms with Gasteiger partial charge in [0.15, 0.2) is 0 Å². The van der Waals surface area contributed by atoms with Crippen LogP contribution in [0.15, 0.2) is 12.4 Å². The number of rotatable bonds is 4. The van der Waals surface area contributed by atoms with Crippen molar-refractivity contribution in [2.24, 2.45) is 0 Å². The first-order chi connectivity index (χ1) is 7.35. The minimum Gasteiger partial charge on any atom is -0.395 e. The summed E-state index contributed by atoms with van der Waals surface area (Å²) in [5.41, 5.74) is 0. The summed E-state index contributed by atoms with van der Waals surface area (Å²) >= 11 is 0. The molecular formula is C11H19N3O. The molecule has 4 heteroatoms. The third-order valence-corrected chi connectivity index (χ3v) is 3.20. The van der Waals surface area contributed by atoms with Gasteiger partial charge in [0.25, 0.3) is 0 Å². The lowest BCUT2D eigenvalue weighted by Crippen LogP contribution is -2.32. The highest BCUT2D eigenvalue weighted by Crippen LogP contribution is 2.18. The Morgan fingerprint density at radius 2 is 2.47 bits per heavy atom. The molecule has 2 rings (SSSR count). The van der Waals surface area contributed by atoms with E-state index in [1.165, 1.54) is 6.42 Å². The minimum atomic E-state index is 0.271. The molecule has 1 N–H and O–H groups in total. The zero-order valence-electron chi connectivity index (χ0n) is 9.26. The van der Waals surface area contributed by atoms with Crippen LogP contribution >= 0.6 is 0 Å². The molecule has 0 bridgehead atoms. The van der Waals surface area contributed by atoms with Crippen molar-refractivity contribution in [2.45, 2.75) is 38.9 Å². The van der Waals surface area contributed by atoms with Gasteiger partial charge in [0.1, 0.15) is 5.82 Å². The fourth-order valence-electron chi connectivity index (χ4n) is 2.27. The largest absolute Gasteiger partial charge is 0.395 e. The van der Waals surface area contributed by atoms with E-state index in [0.717, 1.165) is 31.9 Å². The Hall–Kier alpha value is -0.870. The lowest BCUT2D eigenvalue weighted by molar-refractivity contribution is 0.150. The van der Waals surface area contributed by atoms with Gasteiger partial charge in [-0.3, -0.25) is 4.90 Å². The molecule has 1 aromatic rings. The molecule has 1 unspecified atom stereocenters. The Labute approximate surface area is 90.5 Å². The number of imidazole rings is 1. The smallest absolute Gasteiger partial charge is 0.122 e. The first kappa shape index (κ1) is 10.6. The van der Waals surface area contributed by atoms with E-state index in [1.54, 1.807) is 0 Å². The van der Waals surface area contributed by atoms with Crippen molar-refractivity contribution >= 4 is 0 Å². The second-order valence-electron chi connectivity index (χ2n) is 4.08. The van der Waals surface area contributed by atoms with Gasteiger partial charge in [-0.2, -0.15) is 0 Å². The van der Waals surface area contributed by atoms with Crippen molar-refractivity contribution in [3.63, 3.8) is 0 Å². The fourth-order valence-corrected chi connectivity index (χ4v) is 2.27. The molecule has 84 valence electrons. The maximum Gasteiger partial charge on any atom is 0.122 e. The zero-order valence-corrected chi connectivity index (χ0v) is 9.26. The highest BCUT2D eigenvalue weighted by Gasteiger charge is 2.24. The number of hydrogen-bond acceptors (Lipinski definition) is 3. The minimum absolute atomic E-state index is 0.271. The van der Waals surface area contributed by atoms with Crippen LogP contribution in [0.2, 0.25) is 0 Å². The fraction of sp³-hybridized carbons (Fsp3) is 0.727. The summed E-state index contributed by atoms with van der Waals surface area (Å²) in [4.78, 5) is 6.69. The van der Waals surface area contributed by atoms with Gasteiger partial charge in [0.2, 0.25) is 0 Å². The van der Waals surface area contributed by atoms with E-state index in [2.05, 4.69) is 21.4 Å². The van der Waals surface area contributed by atoms with Crippen molar-refractivity contribution in [3.05, 3.63) is 18.2 Å². The molecule has 1 saturated heterocycles. The second kappa shape index (κ2) is 4.77. The lowest BCUT2D eigenvalue weighted by Gasteiger charge is -2.22. The van der Waals surface area contributed by atoms with Crippen molar-refractivity contribution < 1.29 is 5.11 Å². The molecule has 4 nitrogen and oxygen atoms in total. The Balaban J connectivity index is 2.01. The van der Waals surface area contributed by atoms with E-state index >= 15 is 0 Å². The molecule has 0 aliphatic carbocycles. The number of nitrogens with zero attached hydrogens (tertiary/aromatic N) is 3. The molecule has 1 aromatic heterocycles. The Bertz CT molecular complexity index is 311. The number of aliphatic hydroxyl groups is 1. The molecule has 0 saturated carbocycles. The van der Waals surface area contributed by atoms with Gasteiger partial charge in [-0.25, -0.2) is 4.98 Å². The first-order valence-electron chi connectivity index (χ1n) is 5.70. The molecular weight excluding hydrogens is 190 g/mol. The van der Waals surface area contributed by atoms with Gasteiger partial charge in [0, 0.05) is 25.0 Å². The third kappa shape index (κ3) is 2.21. The summed E-state index contributed by atoms with van der Waals surface area (Å²) in [5, 5.41) is 9.22. The van der Waals surface area contributed by atoms with E-state index in [-0.39, 0.29) is 6.61 Å². The van der Waals surface area contributed by atoms with E-state index in [0.29, 0.717) is 6.04 Å². The first-order valence-corrected chi connectivity index (χ1v) is 5.70. The maximum atomic E-state index is 9.22. The summed E-state index contributed by atoms with van der Waals surface area (Å²) in [6.45, 7) is 5.31. The number of likely N-dealkylation sites (tertiary alicyclic amines) is 1. The molecule has 1 aliphatic rings. The van der Waals surface area contributed by atoms with E-state index in [9.17, 15) is 5.11 Å². The molecule has 1 atom stereocenters. The van der Waals surface area contributed by atoms with Crippen LogP contribution in [0.4, 0.5) is 0 Å². The van der Waals surface area contributed by atoms with Crippen molar-refractivity contribution in [1.29, 1.82) is 0 Å². The van der Waals surface area contributed by atoms with Crippen LogP contribution in [-0.2, 0) is 13.1 Å². The summed E-state index contributed by atoms with van der Waals surface area (Å²) in [6, 6.07) is 0.340.